The van der Waals surface area contributed by atoms with Gasteiger partial charge in [0.1, 0.15) is 11.6 Å². The summed E-state index contributed by atoms with van der Waals surface area (Å²) in [5.41, 5.74) is -9.90. The minimum atomic E-state index is -4.29. The van der Waals surface area contributed by atoms with Crippen molar-refractivity contribution in [2.45, 2.75) is 72.5 Å². The van der Waals surface area contributed by atoms with Crippen LogP contribution in [0.1, 0.15) is 106 Å². The van der Waals surface area contributed by atoms with Gasteiger partial charge in [0.05, 0.1) is 28.0 Å². The highest BCUT2D eigenvalue weighted by atomic mass is 16.3. The van der Waals surface area contributed by atoms with Crippen molar-refractivity contribution in [1.29, 1.82) is 0 Å². The van der Waals surface area contributed by atoms with Gasteiger partial charge in [-0.3, -0.25) is 9.55 Å². The van der Waals surface area contributed by atoms with E-state index in [1.807, 2.05) is 0 Å². The van der Waals surface area contributed by atoms with E-state index in [-0.39, 0.29) is 50.7 Å². The Morgan fingerprint density at radius 3 is 1.87 bits per heavy atom. The highest BCUT2D eigenvalue weighted by Gasteiger charge is 2.29. The number of nitrogens with zero attached hydrogens (tertiary/aromatic N) is 3. The molecule has 0 unspecified atom stereocenters. The van der Waals surface area contributed by atoms with Gasteiger partial charge in [-0.1, -0.05) is 155 Å². The molecule has 63 heavy (non-hydrogen) atoms. The Kier molecular flexibility index (Phi) is 5.19. The Labute approximate surface area is 410 Å². The van der Waals surface area contributed by atoms with Crippen molar-refractivity contribution in [2.75, 3.05) is 0 Å². The third kappa shape index (κ3) is 8.10. The van der Waals surface area contributed by atoms with Gasteiger partial charge >= 0.3 is 0 Å². The molecule has 0 spiro atoms. The van der Waals surface area contributed by atoms with Crippen molar-refractivity contribution >= 4 is 11.0 Å². The van der Waals surface area contributed by atoms with E-state index in [1.165, 1.54) is 48.7 Å². The molecule has 0 fully saturated rings. The molecule has 0 atom stereocenters. The number of phenols is 1. The number of aryl methyl sites for hydroxylation is 3. The number of phenolic OH excluding ortho intramolecular Hbond substituents is 1. The van der Waals surface area contributed by atoms with E-state index in [0.29, 0.717) is 45.0 Å². The van der Waals surface area contributed by atoms with Crippen molar-refractivity contribution in [3.8, 4) is 78.6 Å². The van der Waals surface area contributed by atoms with Crippen LogP contribution in [-0.4, -0.2) is 19.6 Å². The van der Waals surface area contributed by atoms with Gasteiger partial charge in [0, 0.05) is 59.9 Å². The predicted molar refractivity (Wildman–Crippen MR) is 265 cm³/mol. The van der Waals surface area contributed by atoms with Gasteiger partial charge in [-0.15, -0.1) is 0 Å². The lowest BCUT2D eigenvalue weighted by molar-refractivity contribution is 0.446. The number of aromatic nitrogens is 3. The normalized spacial score (nSPS) is 20.1. The summed E-state index contributed by atoms with van der Waals surface area (Å²) in [6, 6.07) is 39.1. The first-order valence-corrected chi connectivity index (χ1v) is 19.7. The highest BCUT2D eigenvalue weighted by Crippen LogP contribution is 2.45. The van der Waals surface area contributed by atoms with E-state index in [9.17, 15) is 5.11 Å². The number of imidazole rings is 1. The van der Waals surface area contributed by atoms with Gasteiger partial charge in [0.2, 0.25) is 0 Å². The maximum atomic E-state index is 13.0. The van der Waals surface area contributed by atoms with Crippen LogP contribution in [-0.2, 0) is 10.8 Å². The van der Waals surface area contributed by atoms with Crippen molar-refractivity contribution < 1.29 is 42.1 Å². The number of aromatic hydroxyl groups is 1. The molecule has 0 bridgehead atoms. The number of pyridine rings is 1. The zero-order valence-corrected chi connectivity index (χ0v) is 33.4. The van der Waals surface area contributed by atoms with E-state index in [4.69, 9.17) is 42.0 Å². The minimum Gasteiger partial charge on any atom is -0.507 e. The number of hydrogen-bond acceptors (Lipinski definition) is 3. The van der Waals surface area contributed by atoms with Crippen LogP contribution in [0.4, 0.5) is 0 Å². The lowest BCUT2D eigenvalue weighted by Crippen LogP contribution is -2.17. The first kappa shape index (κ1) is 20.4. The van der Waals surface area contributed by atoms with Crippen LogP contribution < -0.4 is 0 Å². The zero-order chi connectivity index (χ0) is 66.7. The molecule has 0 aliphatic carbocycles. The minimum absolute atomic E-state index is 0.0553. The molecular weight excluding hydrogens is 767 g/mol. The molecule has 0 amide bonds. The van der Waals surface area contributed by atoms with Crippen molar-refractivity contribution in [3.05, 3.63) is 192 Å². The van der Waals surface area contributed by atoms with Crippen molar-refractivity contribution in [3.63, 3.8) is 0 Å². The second-order valence-electron chi connectivity index (χ2n) is 15.4. The SMILES string of the molecule is [2H]C([2H])([2H])c1cc(-c2ccnc(-c3cc(-c4ccccc4)cc(-c4cccc5c4nc(-c4cc(C(C([2H])([2H])[2H])(C([2H])([2H])[2H])C([2H])([2H])[2H])cc(C(C([2H])([2H])[2H])(C([2H])([2H])[2H])C([2H])([2H])[2H])c4O)n5-c4ccc(-c5ccccc5)cc4C([2H])([2H])[2H])c3)c2)cc(C([2H])([2H])[2H])c1. The molecule has 4 nitrogen and oxygen atoms in total. The summed E-state index contributed by atoms with van der Waals surface area (Å²) in [4.78, 5) is 9.68. The lowest BCUT2D eigenvalue weighted by atomic mass is 9.79. The fourth-order valence-corrected chi connectivity index (χ4v) is 7.90. The first-order valence-electron chi connectivity index (χ1n) is 33.2. The van der Waals surface area contributed by atoms with Crippen LogP contribution in [0.3, 0.4) is 0 Å². The Morgan fingerprint density at radius 2 is 1.17 bits per heavy atom. The van der Waals surface area contributed by atoms with E-state index in [0.717, 1.165) is 10.6 Å². The molecule has 1 N–H and O–H groups in total. The van der Waals surface area contributed by atoms with Gasteiger partial charge in [-0.05, 0) is 136 Å². The molecule has 0 aliphatic rings. The standard InChI is InChI=1S/C59H55N3O/c1-37-27-38(2)29-44(28-37)43-25-26-60-52(34-43)47-32-45(41-19-14-11-15-20-41)31-46(33-47)49-21-16-22-54-55(49)61-57(50-35-48(58(4,5)6)36-51(56(50)63)59(7,8)9)62(54)53-24-23-42(30-39(53)3)40-17-12-10-13-18-40/h10-36,63H,1-9H3/i1D3,2D3,3D3,4D3,5D3,6D3,7D3,8D3,9D3. The second kappa shape index (κ2) is 16.0. The van der Waals surface area contributed by atoms with Crippen LogP contribution in [0.2, 0.25) is 0 Å². The second-order valence-corrected chi connectivity index (χ2v) is 15.4. The zero-order valence-electron chi connectivity index (χ0n) is 60.4. The maximum Gasteiger partial charge on any atom is 0.149 e. The number of para-hydroxylation sites is 1. The molecule has 0 radical (unpaired) electrons. The van der Waals surface area contributed by atoms with E-state index in [1.54, 1.807) is 97.1 Å². The molecule has 7 aromatic carbocycles. The Bertz CT molecular complexity index is 4080. The molecule has 2 aromatic heterocycles. The fraction of sp³-hybridized carbons (Fsp3) is 0.186. The monoisotopic (exact) mass is 849 g/mol. The van der Waals surface area contributed by atoms with Crippen LogP contribution >= 0.6 is 0 Å². The number of hydrogen-bond donors (Lipinski definition) is 1. The smallest absolute Gasteiger partial charge is 0.149 e. The van der Waals surface area contributed by atoms with Crippen LogP contribution in [0, 0.1) is 20.6 Å². The average molecular weight is 849 g/mol. The predicted octanol–water partition coefficient (Wildman–Crippen LogP) is 15.6. The fourth-order valence-electron chi connectivity index (χ4n) is 7.90. The van der Waals surface area contributed by atoms with Crippen molar-refractivity contribution in [1.82, 2.24) is 14.5 Å². The summed E-state index contributed by atoms with van der Waals surface area (Å²) < 4.78 is 234. The number of fused-ring (bicyclic) bond motifs is 1. The molecule has 9 rings (SSSR count). The topological polar surface area (TPSA) is 50.9 Å². The van der Waals surface area contributed by atoms with Crippen LogP contribution in [0.15, 0.2) is 164 Å². The molecule has 0 saturated carbocycles. The number of benzene rings is 7. The molecule has 4 heteroatoms. The summed E-state index contributed by atoms with van der Waals surface area (Å²) in [6.45, 7) is -33.8. The van der Waals surface area contributed by atoms with Gasteiger partial charge in [-0.2, -0.15) is 0 Å². The van der Waals surface area contributed by atoms with Crippen LogP contribution in [0.25, 0.3) is 83.9 Å². The maximum absolute atomic E-state index is 13.0. The van der Waals surface area contributed by atoms with Gasteiger partial charge in [0.25, 0.3) is 0 Å². The molecule has 0 saturated heterocycles. The molecule has 2 heterocycles. The Morgan fingerprint density at radius 1 is 0.508 bits per heavy atom. The average Bonchev–Trinajstić information content (AvgIpc) is 0.823. The van der Waals surface area contributed by atoms with Crippen LogP contribution in [0.5, 0.6) is 5.75 Å². The van der Waals surface area contributed by atoms with E-state index in [2.05, 4.69) is 4.98 Å². The first-order chi connectivity index (χ1) is 41.3. The summed E-state index contributed by atoms with van der Waals surface area (Å²) in [5.74, 6) is -2.28. The van der Waals surface area contributed by atoms with Gasteiger partial charge in [-0.25, -0.2) is 4.98 Å². The molecule has 9 aromatic rings. The number of rotatable bonds is 7. The van der Waals surface area contributed by atoms with E-state index >= 15 is 0 Å². The highest BCUT2D eigenvalue weighted by molar-refractivity contribution is 5.98. The Hall–Kier alpha value is -7.04. The summed E-state index contributed by atoms with van der Waals surface area (Å²) in [6.07, 6.45) is 1.43. The largest absolute Gasteiger partial charge is 0.507 e. The van der Waals surface area contributed by atoms with Gasteiger partial charge in [0.15, 0.2) is 0 Å². The molecule has 0 aliphatic heterocycles. The quantitative estimate of drug-likeness (QED) is 0.174. The summed E-state index contributed by atoms with van der Waals surface area (Å²) in [5, 5.41) is 13.0. The molecule has 312 valence electrons. The summed E-state index contributed by atoms with van der Waals surface area (Å²) >= 11 is 0. The summed E-state index contributed by atoms with van der Waals surface area (Å²) in [7, 11) is 0. The molecular formula is C59H55N3O. The van der Waals surface area contributed by atoms with Crippen molar-refractivity contribution in [2.24, 2.45) is 0 Å². The third-order valence-electron chi connectivity index (χ3n) is 10.9. The third-order valence-corrected chi connectivity index (χ3v) is 10.9. The lowest BCUT2D eigenvalue weighted by Gasteiger charge is -2.27. The van der Waals surface area contributed by atoms with Gasteiger partial charge < -0.3 is 5.11 Å². The Balaban J connectivity index is 1.47. The van der Waals surface area contributed by atoms with E-state index < -0.39 is 106 Å².